The van der Waals surface area contributed by atoms with E-state index in [-0.39, 0.29) is 0 Å². The first-order valence-corrected chi connectivity index (χ1v) is 9.06. The third-order valence-corrected chi connectivity index (χ3v) is 5.11. The molecule has 0 heterocycles. The van der Waals surface area contributed by atoms with Crippen molar-refractivity contribution in [2.45, 2.75) is 52.5 Å². The van der Waals surface area contributed by atoms with Crippen LogP contribution in [0.1, 0.15) is 43.9 Å². The molecular weight excluding hydrogens is 284 g/mol. The first kappa shape index (κ1) is 18.1. The van der Waals surface area contributed by atoms with Gasteiger partial charge in [-0.3, -0.25) is 0 Å². The molecule has 0 aliphatic rings. The summed E-state index contributed by atoms with van der Waals surface area (Å²) in [5.74, 6) is 0.483. The van der Waals surface area contributed by atoms with Gasteiger partial charge < -0.3 is 5.32 Å². The van der Waals surface area contributed by atoms with Crippen LogP contribution in [0, 0.1) is 19.8 Å². The summed E-state index contributed by atoms with van der Waals surface area (Å²) < 4.78 is 27.6. The van der Waals surface area contributed by atoms with Gasteiger partial charge in [-0.05, 0) is 55.5 Å². The van der Waals surface area contributed by atoms with Crippen LogP contribution >= 0.6 is 0 Å². The minimum atomic E-state index is -3.43. The lowest BCUT2D eigenvalue weighted by Gasteiger charge is -2.14. The monoisotopic (exact) mass is 312 g/mol. The molecule has 21 heavy (non-hydrogen) atoms. The molecule has 0 spiro atoms. The van der Waals surface area contributed by atoms with Crippen molar-refractivity contribution in [1.29, 1.82) is 0 Å². The molecule has 4 nitrogen and oxygen atoms in total. The molecule has 0 unspecified atom stereocenters. The molecule has 2 N–H and O–H groups in total. The van der Waals surface area contributed by atoms with E-state index in [4.69, 9.17) is 0 Å². The molecule has 0 radical (unpaired) electrons. The Kier molecular flexibility index (Phi) is 6.84. The fourth-order valence-corrected chi connectivity index (χ4v) is 3.50. The average Bonchev–Trinajstić information content (AvgIpc) is 2.36. The van der Waals surface area contributed by atoms with Crippen LogP contribution in [0.5, 0.6) is 0 Å². The fourth-order valence-electron chi connectivity index (χ4n) is 2.17. The number of hydrogen-bond acceptors (Lipinski definition) is 3. The minimum Gasteiger partial charge on any atom is -0.313 e. The number of sulfonamides is 1. The highest BCUT2D eigenvalue weighted by molar-refractivity contribution is 7.89. The molecule has 0 atom stereocenters. The van der Waals surface area contributed by atoms with Crippen LogP contribution in [0.15, 0.2) is 17.0 Å². The maximum absolute atomic E-state index is 12.4. The van der Waals surface area contributed by atoms with Gasteiger partial charge in [0.1, 0.15) is 0 Å². The molecule has 1 aromatic rings. The third-order valence-electron chi connectivity index (χ3n) is 3.50. The summed E-state index contributed by atoms with van der Waals surface area (Å²) in [4.78, 5) is 0.393. The van der Waals surface area contributed by atoms with Crippen LogP contribution in [0.4, 0.5) is 0 Å². The zero-order chi connectivity index (χ0) is 16.0. The fraction of sp³-hybridized carbons (Fsp3) is 0.625. The summed E-state index contributed by atoms with van der Waals surface area (Å²) in [6, 6.07) is 3.74. The highest BCUT2D eigenvalue weighted by Crippen LogP contribution is 2.20. The van der Waals surface area contributed by atoms with Gasteiger partial charge in [0.2, 0.25) is 10.0 Å². The van der Waals surface area contributed by atoms with Gasteiger partial charge in [0.15, 0.2) is 0 Å². The SMILES string of the molecule is CCNCc1cc(S(=O)(=O)NCCC(C)C)c(C)cc1C. The van der Waals surface area contributed by atoms with Gasteiger partial charge in [-0.15, -0.1) is 0 Å². The smallest absolute Gasteiger partial charge is 0.240 e. The van der Waals surface area contributed by atoms with Gasteiger partial charge in [-0.1, -0.05) is 26.8 Å². The van der Waals surface area contributed by atoms with Crippen molar-refractivity contribution >= 4 is 10.0 Å². The Bertz CT molecular complexity index is 566. The highest BCUT2D eigenvalue weighted by atomic mass is 32.2. The summed E-state index contributed by atoms with van der Waals surface area (Å²) >= 11 is 0. The van der Waals surface area contributed by atoms with Gasteiger partial charge in [0.05, 0.1) is 4.90 Å². The van der Waals surface area contributed by atoms with E-state index in [1.807, 2.05) is 26.8 Å². The van der Waals surface area contributed by atoms with E-state index in [0.29, 0.717) is 23.9 Å². The molecule has 0 amide bonds. The van der Waals surface area contributed by atoms with E-state index in [2.05, 4.69) is 23.9 Å². The molecule has 1 rings (SSSR count). The third kappa shape index (κ3) is 5.41. The van der Waals surface area contributed by atoms with Gasteiger partial charge >= 0.3 is 0 Å². The minimum absolute atomic E-state index is 0.393. The Hall–Kier alpha value is -0.910. The van der Waals surface area contributed by atoms with Gasteiger partial charge in [0, 0.05) is 13.1 Å². The molecule has 0 fully saturated rings. The van der Waals surface area contributed by atoms with E-state index in [1.54, 1.807) is 6.07 Å². The van der Waals surface area contributed by atoms with Crippen LogP contribution < -0.4 is 10.0 Å². The van der Waals surface area contributed by atoms with Crippen molar-refractivity contribution in [3.8, 4) is 0 Å². The summed E-state index contributed by atoms with van der Waals surface area (Å²) in [7, 11) is -3.43. The normalized spacial score (nSPS) is 12.1. The Labute approximate surface area is 129 Å². The molecule has 0 saturated heterocycles. The number of hydrogen-bond donors (Lipinski definition) is 2. The predicted molar refractivity (Wildman–Crippen MR) is 87.9 cm³/mol. The van der Waals surface area contributed by atoms with Crippen molar-refractivity contribution in [3.05, 3.63) is 28.8 Å². The maximum atomic E-state index is 12.4. The quantitative estimate of drug-likeness (QED) is 0.776. The zero-order valence-corrected chi connectivity index (χ0v) is 14.6. The van der Waals surface area contributed by atoms with Crippen molar-refractivity contribution in [2.24, 2.45) is 5.92 Å². The summed E-state index contributed by atoms with van der Waals surface area (Å²) in [6.45, 7) is 12.1. The average molecular weight is 312 g/mol. The summed E-state index contributed by atoms with van der Waals surface area (Å²) in [5, 5.41) is 3.25. The second kappa shape index (κ2) is 7.92. The lowest BCUT2D eigenvalue weighted by atomic mass is 10.1. The molecule has 0 bridgehead atoms. The topological polar surface area (TPSA) is 58.2 Å². The lowest BCUT2D eigenvalue weighted by Crippen LogP contribution is -2.26. The molecule has 1 aromatic carbocycles. The van der Waals surface area contributed by atoms with Gasteiger partial charge in [-0.25, -0.2) is 13.1 Å². The van der Waals surface area contributed by atoms with E-state index in [1.165, 1.54) is 0 Å². The molecule has 120 valence electrons. The predicted octanol–water partition coefficient (Wildman–Crippen LogP) is 2.74. The van der Waals surface area contributed by atoms with Crippen LogP contribution in [-0.4, -0.2) is 21.5 Å². The van der Waals surface area contributed by atoms with E-state index < -0.39 is 10.0 Å². The second-order valence-electron chi connectivity index (χ2n) is 5.90. The second-order valence-corrected chi connectivity index (χ2v) is 7.64. The number of nitrogens with one attached hydrogen (secondary N) is 2. The molecule has 0 aliphatic carbocycles. The van der Waals surface area contributed by atoms with Crippen LogP contribution in [0.3, 0.4) is 0 Å². The summed E-state index contributed by atoms with van der Waals surface area (Å²) in [6.07, 6.45) is 0.842. The van der Waals surface area contributed by atoms with Gasteiger partial charge in [0.25, 0.3) is 0 Å². The Morgan fingerprint density at radius 1 is 1.14 bits per heavy atom. The maximum Gasteiger partial charge on any atom is 0.240 e. The van der Waals surface area contributed by atoms with E-state index in [0.717, 1.165) is 29.7 Å². The van der Waals surface area contributed by atoms with Crippen molar-refractivity contribution in [2.75, 3.05) is 13.1 Å². The zero-order valence-electron chi connectivity index (χ0n) is 13.8. The first-order valence-electron chi connectivity index (χ1n) is 7.58. The van der Waals surface area contributed by atoms with Crippen LogP contribution in [-0.2, 0) is 16.6 Å². The lowest BCUT2D eigenvalue weighted by molar-refractivity contribution is 0.551. The highest BCUT2D eigenvalue weighted by Gasteiger charge is 2.18. The van der Waals surface area contributed by atoms with Crippen LogP contribution in [0.2, 0.25) is 0 Å². The van der Waals surface area contributed by atoms with Crippen molar-refractivity contribution < 1.29 is 8.42 Å². The first-order chi connectivity index (χ1) is 9.77. The van der Waals surface area contributed by atoms with Crippen molar-refractivity contribution in [3.63, 3.8) is 0 Å². The standard InChI is InChI=1S/C16H28N2O2S/c1-6-17-11-15-10-16(14(5)9-13(15)4)21(19,20)18-8-7-12(2)3/h9-10,12,17-18H,6-8,11H2,1-5H3. The van der Waals surface area contributed by atoms with E-state index >= 15 is 0 Å². The molecule has 0 saturated carbocycles. The Morgan fingerprint density at radius 3 is 2.38 bits per heavy atom. The van der Waals surface area contributed by atoms with Gasteiger partial charge in [-0.2, -0.15) is 0 Å². The molecule has 0 aromatic heterocycles. The molecular formula is C16H28N2O2S. The van der Waals surface area contributed by atoms with Crippen LogP contribution in [0.25, 0.3) is 0 Å². The molecule has 5 heteroatoms. The number of rotatable bonds is 8. The van der Waals surface area contributed by atoms with E-state index in [9.17, 15) is 8.42 Å². The summed E-state index contributed by atoms with van der Waals surface area (Å²) in [5.41, 5.74) is 2.95. The number of aryl methyl sites for hydroxylation is 2. The number of benzene rings is 1. The molecule has 0 aliphatic heterocycles. The van der Waals surface area contributed by atoms with Crippen molar-refractivity contribution in [1.82, 2.24) is 10.0 Å². The Morgan fingerprint density at radius 2 is 1.81 bits per heavy atom. The Balaban J connectivity index is 2.99. The largest absolute Gasteiger partial charge is 0.313 e.